The van der Waals surface area contributed by atoms with Crippen molar-refractivity contribution in [3.63, 3.8) is 0 Å². The number of hydrogen-bond acceptors (Lipinski definition) is 5. The molecule has 5 heteroatoms. The normalized spacial score (nSPS) is 21.9. The molecule has 1 heterocycles. The van der Waals surface area contributed by atoms with Gasteiger partial charge in [-0.05, 0) is 43.5 Å². The number of benzene rings is 2. The van der Waals surface area contributed by atoms with Crippen LogP contribution in [0.15, 0.2) is 60.7 Å². The highest BCUT2D eigenvalue weighted by Crippen LogP contribution is 2.19. The van der Waals surface area contributed by atoms with Gasteiger partial charge in [-0.1, -0.05) is 80.3 Å². The summed E-state index contributed by atoms with van der Waals surface area (Å²) in [6, 6.07) is 17.6. The number of hydrazine groups is 1. The Morgan fingerprint density at radius 3 is 2.69 bits per heavy atom. The predicted octanol–water partition coefficient (Wildman–Crippen LogP) is 4.83. The van der Waals surface area contributed by atoms with Gasteiger partial charge in [0.2, 0.25) is 0 Å². The summed E-state index contributed by atoms with van der Waals surface area (Å²) in [6.45, 7) is 9.01. The Hall–Kier alpha value is -2.18. The van der Waals surface area contributed by atoms with E-state index in [1.807, 2.05) is 19.1 Å². The fourth-order valence-corrected chi connectivity index (χ4v) is 4.13. The van der Waals surface area contributed by atoms with E-state index in [1.165, 1.54) is 36.0 Å². The number of rotatable bonds is 9. The minimum absolute atomic E-state index is 0.159. The van der Waals surface area contributed by atoms with Crippen LogP contribution in [-0.4, -0.2) is 30.3 Å². The zero-order valence-electron chi connectivity index (χ0n) is 19.9. The van der Waals surface area contributed by atoms with E-state index in [4.69, 9.17) is 10.5 Å². The molecule has 5 nitrogen and oxygen atoms in total. The second kappa shape index (κ2) is 12.8. The zero-order valence-corrected chi connectivity index (χ0v) is 19.9. The standard InChI is InChI=1S/C27H40N4O/c1-4-5-6-10-25-20-31(19-23-9-7-11-26(18-23)32-22(3)28)17-8-12-27(30-29-25)24-15-13-21(2)14-16-24/h7-9,11-16,18,22,25,27,29-30H,4-6,10,17,19-20,28H2,1-3H3/b12-8+. The first-order valence-electron chi connectivity index (χ1n) is 12.0. The van der Waals surface area contributed by atoms with Gasteiger partial charge in [0.15, 0.2) is 0 Å². The summed E-state index contributed by atoms with van der Waals surface area (Å²) >= 11 is 0. The fourth-order valence-electron chi connectivity index (χ4n) is 4.13. The Labute approximate surface area is 194 Å². The summed E-state index contributed by atoms with van der Waals surface area (Å²) < 4.78 is 5.69. The number of nitrogens with one attached hydrogen (secondary N) is 2. The molecule has 0 radical (unpaired) electrons. The van der Waals surface area contributed by atoms with Gasteiger partial charge >= 0.3 is 0 Å². The molecule has 2 aromatic carbocycles. The van der Waals surface area contributed by atoms with Crippen LogP contribution < -0.4 is 21.3 Å². The SMILES string of the molecule is CCCCCC1CN(Cc2cccc(OC(C)N)c2)C/C=C/C(c2ccc(C)cc2)NN1. The summed E-state index contributed by atoms with van der Waals surface area (Å²) in [4.78, 5) is 2.50. The molecule has 0 aliphatic carbocycles. The van der Waals surface area contributed by atoms with E-state index in [1.54, 1.807) is 0 Å². The van der Waals surface area contributed by atoms with E-state index >= 15 is 0 Å². The van der Waals surface area contributed by atoms with Crippen molar-refractivity contribution in [2.75, 3.05) is 13.1 Å². The van der Waals surface area contributed by atoms with Crippen molar-refractivity contribution < 1.29 is 4.74 Å². The molecule has 3 unspecified atom stereocenters. The van der Waals surface area contributed by atoms with Gasteiger partial charge in [-0.3, -0.25) is 16.1 Å². The van der Waals surface area contributed by atoms with E-state index < -0.39 is 0 Å². The molecule has 2 aromatic rings. The second-order valence-corrected chi connectivity index (χ2v) is 8.96. The fraction of sp³-hybridized carbons (Fsp3) is 0.481. The Balaban J connectivity index is 1.73. The van der Waals surface area contributed by atoms with Crippen LogP contribution in [0.3, 0.4) is 0 Å². The number of nitrogens with two attached hydrogens (primary N) is 1. The summed E-state index contributed by atoms with van der Waals surface area (Å²) in [5.41, 5.74) is 16.9. The molecular formula is C27H40N4O. The maximum absolute atomic E-state index is 5.80. The third-order valence-electron chi connectivity index (χ3n) is 5.83. The van der Waals surface area contributed by atoms with Gasteiger partial charge in [0.25, 0.3) is 0 Å². The van der Waals surface area contributed by atoms with E-state index in [0.717, 1.165) is 31.8 Å². The van der Waals surface area contributed by atoms with Crippen LogP contribution in [0.5, 0.6) is 5.75 Å². The quantitative estimate of drug-likeness (QED) is 0.298. The Kier molecular flexibility index (Phi) is 9.75. The second-order valence-electron chi connectivity index (χ2n) is 8.96. The summed E-state index contributed by atoms with van der Waals surface area (Å²) in [5, 5.41) is 0. The van der Waals surface area contributed by atoms with Gasteiger partial charge in [-0.15, -0.1) is 0 Å². The topological polar surface area (TPSA) is 62.6 Å². The maximum Gasteiger partial charge on any atom is 0.144 e. The van der Waals surface area contributed by atoms with Crippen LogP contribution in [0.4, 0.5) is 0 Å². The van der Waals surface area contributed by atoms with Crippen LogP contribution in [0.2, 0.25) is 0 Å². The third kappa shape index (κ3) is 8.06. The number of aryl methyl sites for hydroxylation is 1. The smallest absolute Gasteiger partial charge is 0.144 e. The number of unbranched alkanes of at least 4 members (excludes halogenated alkanes) is 2. The highest BCUT2D eigenvalue weighted by atomic mass is 16.5. The minimum atomic E-state index is -0.310. The molecule has 174 valence electrons. The lowest BCUT2D eigenvalue weighted by Gasteiger charge is -2.28. The van der Waals surface area contributed by atoms with Crippen molar-refractivity contribution in [1.82, 2.24) is 15.8 Å². The van der Waals surface area contributed by atoms with Crippen molar-refractivity contribution in [3.8, 4) is 5.75 Å². The third-order valence-corrected chi connectivity index (χ3v) is 5.83. The van der Waals surface area contributed by atoms with Crippen molar-refractivity contribution in [1.29, 1.82) is 0 Å². The lowest BCUT2D eigenvalue weighted by molar-refractivity contribution is 0.226. The molecule has 1 aliphatic rings. The molecule has 0 saturated carbocycles. The van der Waals surface area contributed by atoms with Crippen molar-refractivity contribution in [3.05, 3.63) is 77.4 Å². The first-order chi connectivity index (χ1) is 15.5. The molecule has 0 bridgehead atoms. The van der Waals surface area contributed by atoms with E-state index in [9.17, 15) is 0 Å². The minimum Gasteiger partial charge on any atom is -0.476 e. The zero-order chi connectivity index (χ0) is 22.8. The monoisotopic (exact) mass is 436 g/mol. The van der Waals surface area contributed by atoms with Crippen molar-refractivity contribution in [2.45, 2.75) is 71.3 Å². The Morgan fingerprint density at radius 2 is 1.94 bits per heavy atom. The van der Waals surface area contributed by atoms with Crippen molar-refractivity contribution >= 4 is 0 Å². The molecular weight excluding hydrogens is 396 g/mol. The molecule has 4 N–H and O–H groups in total. The van der Waals surface area contributed by atoms with Crippen LogP contribution in [0.25, 0.3) is 0 Å². The molecule has 32 heavy (non-hydrogen) atoms. The van der Waals surface area contributed by atoms with Crippen LogP contribution in [0.1, 0.15) is 62.3 Å². The van der Waals surface area contributed by atoms with E-state index in [-0.39, 0.29) is 12.3 Å². The maximum atomic E-state index is 5.80. The average Bonchev–Trinajstić information content (AvgIpc) is 2.85. The van der Waals surface area contributed by atoms with Gasteiger partial charge in [-0.25, -0.2) is 5.43 Å². The van der Waals surface area contributed by atoms with Crippen LogP contribution in [-0.2, 0) is 6.54 Å². The Bertz CT molecular complexity index is 834. The molecule has 3 atom stereocenters. The van der Waals surface area contributed by atoms with Crippen molar-refractivity contribution in [2.24, 2.45) is 5.73 Å². The largest absolute Gasteiger partial charge is 0.476 e. The number of nitrogens with zero attached hydrogens (tertiary/aromatic N) is 1. The van der Waals surface area contributed by atoms with Crippen LogP contribution >= 0.6 is 0 Å². The lowest BCUT2D eigenvalue weighted by atomic mass is 10.1. The molecule has 3 rings (SSSR count). The van der Waals surface area contributed by atoms with Gasteiger partial charge in [0, 0.05) is 25.7 Å². The molecule has 0 fully saturated rings. The Morgan fingerprint density at radius 1 is 1.12 bits per heavy atom. The summed E-state index contributed by atoms with van der Waals surface area (Å²) in [5.74, 6) is 0.830. The molecule has 0 amide bonds. The lowest BCUT2D eigenvalue weighted by Crippen LogP contribution is -2.47. The van der Waals surface area contributed by atoms with E-state index in [2.05, 4.69) is 78.1 Å². The van der Waals surface area contributed by atoms with Gasteiger partial charge in [-0.2, -0.15) is 0 Å². The summed E-state index contributed by atoms with van der Waals surface area (Å²) in [6.07, 6.45) is 9.16. The molecule has 0 aromatic heterocycles. The first-order valence-corrected chi connectivity index (χ1v) is 12.0. The van der Waals surface area contributed by atoms with Crippen LogP contribution in [0, 0.1) is 6.92 Å². The van der Waals surface area contributed by atoms with Gasteiger partial charge in [0.1, 0.15) is 12.0 Å². The van der Waals surface area contributed by atoms with Gasteiger partial charge < -0.3 is 4.74 Å². The molecule has 0 saturated heterocycles. The highest BCUT2D eigenvalue weighted by molar-refractivity contribution is 5.29. The summed E-state index contributed by atoms with van der Waals surface area (Å²) in [7, 11) is 0. The van der Waals surface area contributed by atoms with E-state index in [0.29, 0.717) is 6.04 Å². The predicted molar refractivity (Wildman–Crippen MR) is 133 cm³/mol. The van der Waals surface area contributed by atoms with Gasteiger partial charge in [0.05, 0.1) is 6.04 Å². The highest BCUT2D eigenvalue weighted by Gasteiger charge is 2.18. The number of ether oxygens (including phenoxy) is 1. The average molecular weight is 437 g/mol. The number of hydrogen-bond donors (Lipinski definition) is 3. The molecule has 0 spiro atoms. The first kappa shape index (κ1) is 24.5. The molecule has 1 aliphatic heterocycles.